The topological polar surface area (TPSA) is 94.6 Å². The molecule has 166 valence electrons. The number of aryl methyl sites for hydroxylation is 1. The lowest BCUT2D eigenvalue weighted by atomic mass is 10.2. The molecule has 11 heteroatoms. The highest BCUT2D eigenvalue weighted by molar-refractivity contribution is 6.04. The largest absolute Gasteiger partial charge is 0.573 e. The van der Waals surface area contributed by atoms with E-state index in [0.717, 1.165) is 17.7 Å². The van der Waals surface area contributed by atoms with Gasteiger partial charge in [0.2, 0.25) is 12.7 Å². The highest BCUT2D eigenvalue weighted by Crippen LogP contribution is 2.32. The number of ether oxygens (including phenoxy) is 3. The number of anilines is 2. The molecule has 0 unspecified atom stereocenters. The predicted molar refractivity (Wildman–Crippen MR) is 108 cm³/mol. The van der Waals surface area contributed by atoms with Gasteiger partial charge in [0, 0.05) is 18.4 Å². The van der Waals surface area contributed by atoms with Crippen LogP contribution >= 0.6 is 0 Å². The van der Waals surface area contributed by atoms with E-state index >= 15 is 0 Å². The Morgan fingerprint density at radius 1 is 1.12 bits per heavy atom. The van der Waals surface area contributed by atoms with Gasteiger partial charge in [-0.05, 0) is 48.9 Å². The summed E-state index contributed by atoms with van der Waals surface area (Å²) in [5.74, 6) is 0.831. The van der Waals surface area contributed by atoms with Gasteiger partial charge >= 0.3 is 6.36 Å². The normalized spacial score (nSPS) is 12.4. The number of alkyl halides is 3. The molecule has 2 heterocycles. The molecular weight excluding hydrogens is 429 g/mol. The summed E-state index contributed by atoms with van der Waals surface area (Å²) < 4.78 is 51.1. The van der Waals surface area contributed by atoms with Crippen molar-refractivity contribution in [3.05, 3.63) is 65.5 Å². The maximum atomic E-state index is 12.5. The first-order chi connectivity index (χ1) is 15.3. The van der Waals surface area contributed by atoms with Gasteiger partial charge in [0.15, 0.2) is 11.5 Å². The van der Waals surface area contributed by atoms with Gasteiger partial charge in [-0.3, -0.25) is 4.79 Å². The Bertz CT molecular complexity index is 1140. The van der Waals surface area contributed by atoms with E-state index in [1.54, 1.807) is 6.92 Å². The summed E-state index contributed by atoms with van der Waals surface area (Å²) in [5, 5.41) is 5.67. The minimum absolute atomic E-state index is 0.198. The van der Waals surface area contributed by atoms with Gasteiger partial charge in [0.1, 0.15) is 5.75 Å². The van der Waals surface area contributed by atoms with Crippen LogP contribution in [-0.4, -0.2) is 29.0 Å². The van der Waals surface area contributed by atoms with Crippen molar-refractivity contribution < 1.29 is 32.2 Å². The Morgan fingerprint density at radius 2 is 1.88 bits per heavy atom. The summed E-state index contributed by atoms with van der Waals surface area (Å²) in [6.45, 7) is 2.29. The van der Waals surface area contributed by atoms with Gasteiger partial charge in [-0.2, -0.15) is 0 Å². The van der Waals surface area contributed by atoms with Crippen molar-refractivity contribution in [2.45, 2.75) is 19.8 Å². The van der Waals surface area contributed by atoms with E-state index in [2.05, 4.69) is 25.3 Å². The summed E-state index contributed by atoms with van der Waals surface area (Å²) in [6.07, 6.45) is -3.40. The number of nitrogens with zero attached hydrogens (tertiary/aromatic N) is 2. The summed E-state index contributed by atoms with van der Waals surface area (Å²) in [7, 11) is 0. The second-order valence-corrected chi connectivity index (χ2v) is 6.76. The maximum Gasteiger partial charge on any atom is 0.573 e. The van der Waals surface area contributed by atoms with Crippen molar-refractivity contribution in [1.29, 1.82) is 0 Å². The number of rotatable bonds is 6. The van der Waals surface area contributed by atoms with Crippen LogP contribution in [0.2, 0.25) is 0 Å². The minimum atomic E-state index is -4.78. The number of carbonyl (C=O) groups excluding carboxylic acids is 1. The van der Waals surface area contributed by atoms with Gasteiger partial charge < -0.3 is 24.8 Å². The molecule has 0 bridgehead atoms. The van der Waals surface area contributed by atoms with Crippen molar-refractivity contribution >= 4 is 17.5 Å². The zero-order valence-corrected chi connectivity index (χ0v) is 16.7. The number of aromatic nitrogens is 2. The first-order valence-corrected chi connectivity index (χ1v) is 9.40. The van der Waals surface area contributed by atoms with Crippen molar-refractivity contribution in [3.8, 4) is 17.2 Å². The molecule has 4 rings (SSSR count). The molecule has 0 aliphatic carbocycles. The van der Waals surface area contributed by atoms with Crippen LogP contribution < -0.4 is 24.8 Å². The number of nitrogens with one attached hydrogen (secondary N) is 2. The third kappa shape index (κ3) is 5.17. The predicted octanol–water partition coefficient (Wildman–Crippen LogP) is 4.28. The van der Waals surface area contributed by atoms with E-state index in [1.807, 2.05) is 18.2 Å². The molecule has 2 aromatic carbocycles. The summed E-state index contributed by atoms with van der Waals surface area (Å²) in [4.78, 5) is 21.0. The SMILES string of the molecule is Cc1nc(NCc2ccc3c(c2)OCO3)ncc1C(=O)Nc1ccc(OC(F)(F)F)cc1. The lowest BCUT2D eigenvalue weighted by Gasteiger charge is -2.11. The van der Waals surface area contributed by atoms with E-state index in [-0.39, 0.29) is 18.1 Å². The average Bonchev–Trinajstić information content (AvgIpc) is 3.20. The van der Waals surface area contributed by atoms with Crippen LogP contribution in [-0.2, 0) is 6.54 Å². The van der Waals surface area contributed by atoms with Crippen LogP contribution in [0, 0.1) is 6.92 Å². The average molecular weight is 446 g/mol. The Balaban J connectivity index is 1.36. The van der Waals surface area contributed by atoms with Crippen molar-refractivity contribution in [2.75, 3.05) is 17.4 Å². The van der Waals surface area contributed by atoms with Gasteiger partial charge in [-0.1, -0.05) is 6.07 Å². The van der Waals surface area contributed by atoms with E-state index < -0.39 is 12.3 Å². The third-order valence-electron chi connectivity index (χ3n) is 4.46. The zero-order valence-electron chi connectivity index (χ0n) is 16.7. The van der Waals surface area contributed by atoms with Crippen molar-refractivity contribution in [3.63, 3.8) is 0 Å². The van der Waals surface area contributed by atoms with Gasteiger partial charge in [0.05, 0.1) is 11.3 Å². The molecule has 0 saturated carbocycles. The maximum absolute atomic E-state index is 12.5. The first kappa shape index (κ1) is 21.2. The Kier molecular flexibility index (Phi) is 5.71. The molecule has 8 nitrogen and oxygen atoms in total. The fourth-order valence-electron chi connectivity index (χ4n) is 2.95. The van der Waals surface area contributed by atoms with Gasteiger partial charge in [-0.25, -0.2) is 9.97 Å². The number of halogens is 3. The summed E-state index contributed by atoms with van der Waals surface area (Å²) in [6, 6.07) is 10.4. The fourth-order valence-corrected chi connectivity index (χ4v) is 2.95. The Hall–Kier alpha value is -4.02. The molecule has 1 aromatic heterocycles. The molecule has 0 saturated heterocycles. The molecule has 0 fully saturated rings. The van der Waals surface area contributed by atoms with Gasteiger partial charge in [-0.15, -0.1) is 13.2 Å². The van der Waals surface area contributed by atoms with Crippen molar-refractivity contribution in [1.82, 2.24) is 9.97 Å². The van der Waals surface area contributed by atoms with E-state index in [9.17, 15) is 18.0 Å². The zero-order chi connectivity index (χ0) is 22.7. The standard InChI is InChI=1S/C21H17F3N4O4/c1-12-16(19(29)28-14-3-5-15(6-4-14)32-21(22,23)24)10-26-20(27-12)25-9-13-2-7-17-18(8-13)31-11-30-17/h2-8,10H,9,11H2,1H3,(H,28,29)(H,25,26,27). The molecular formula is C21H17F3N4O4. The molecule has 1 aliphatic rings. The molecule has 2 N–H and O–H groups in total. The fraction of sp³-hybridized carbons (Fsp3) is 0.190. The summed E-state index contributed by atoms with van der Waals surface area (Å²) in [5.41, 5.74) is 1.90. The number of hydrogen-bond donors (Lipinski definition) is 2. The van der Waals surface area contributed by atoms with Crippen LogP contribution in [0.3, 0.4) is 0 Å². The second-order valence-electron chi connectivity index (χ2n) is 6.76. The number of fused-ring (bicyclic) bond motifs is 1. The second kappa shape index (κ2) is 8.61. The van der Waals surface area contributed by atoms with E-state index in [1.165, 1.54) is 18.3 Å². The lowest BCUT2D eigenvalue weighted by molar-refractivity contribution is -0.274. The molecule has 32 heavy (non-hydrogen) atoms. The minimum Gasteiger partial charge on any atom is -0.454 e. The highest BCUT2D eigenvalue weighted by Gasteiger charge is 2.31. The quantitative estimate of drug-likeness (QED) is 0.584. The lowest BCUT2D eigenvalue weighted by Crippen LogP contribution is -2.17. The Morgan fingerprint density at radius 3 is 2.59 bits per heavy atom. The summed E-state index contributed by atoms with van der Waals surface area (Å²) >= 11 is 0. The van der Waals surface area contributed by atoms with Crippen LogP contribution in [0.4, 0.5) is 24.8 Å². The van der Waals surface area contributed by atoms with Crippen LogP contribution in [0.25, 0.3) is 0 Å². The smallest absolute Gasteiger partial charge is 0.454 e. The van der Waals surface area contributed by atoms with Crippen LogP contribution in [0.5, 0.6) is 17.2 Å². The van der Waals surface area contributed by atoms with E-state index in [4.69, 9.17) is 9.47 Å². The van der Waals surface area contributed by atoms with Crippen LogP contribution in [0.1, 0.15) is 21.6 Å². The molecule has 1 amide bonds. The first-order valence-electron chi connectivity index (χ1n) is 9.40. The van der Waals surface area contributed by atoms with Gasteiger partial charge in [0.25, 0.3) is 5.91 Å². The van der Waals surface area contributed by atoms with Crippen LogP contribution in [0.15, 0.2) is 48.7 Å². The van der Waals surface area contributed by atoms with Crippen molar-refractivity contribution in [2.24, 2.45) is 0 Å². The molecule has 0 spiro atoms. The number of hydrogen-bond acceptors (Lipinski definition) is 7. The monoisotopic (exact) mass is 446 g/mol. The molecule has 3 aromatic rings. The molecule has 0 atom stereocenters. The third-order valence-corrected chi connectivity index (χ3v) is 4.46. The highest BCUT2D eigenvalue weighted by atomic mass is 19.4. The number of amides is 1. The number of benzene rings is 2. The molecule has 1 aliphatic heterocycles. The number of carbonyl (C=O) groups is 1. The molecule has 0 radical (unpaired) electrons. The van der Waals surface area contributed by atoms with E-state index in [0.29, 0.717) is 35.4 Å². The Labute approximate surface area is 180 Å².